The van der Waals surface area contributed by atoms with E-state index in [0.717, 1.165) is 18.1 Å². The highest BCUT2D eigenvalue weighted by Gasteiger charge is 2.36. The number of nitrogens with one attached hydrogen (secondary N) is 1. The fraction of sp³-hybridized carbons (Fsp3) is 0.800. The second-order valence-corrected chi connectivity index (χ2v) is 7.69. The first-order chi connectivity index (χ1) is 9.04. The molecule has 3 nitrogen and oxygen atoms in total. The van der Waals surface area contributed by atoms with Crippen molar-refractivity contribution in [3.05, 3.63) is 15.6 Å². The lowest BCUT2D eigenvalue weighted by Gasteiger charge is -2.38. The molecule has 3 atom stereocenters. The normalized spacial score (nSPS) is 31.9. The van der Waals surface area contributed by atoms with E-state index >= 15 is 0 Å². The van der Waals surface area contributed by atoms with Gasteiger partial charge in [0, 0.05) is 23.0 Å². The third-order valence-electron chi connectivity index (χ3n) is 4.97. The number of nitrogens with zero attached hydrogens (tertiary/aromatic N) is 2. The number of fused-ring (bicyclic) bond motifs is 2. The van der Waals surface area contributed by atoms with Crippen molar-refractivity contribution in [1.82, 2.24) is 15.2 Å². The topological polar surface area (TPSA) is 28.2 Å². The Labute approximate surface area is 120 Å². The molecule has 0 amide bonds. The Morgan fingerprint density at radius 1 is 1.26 bits per heavy atom. The summed E-state index contributed by atoms with van der Waals surface area (Å²) < 4.78 is 0. The largest absolute Gasteiger partial charge is 0.311 e. The molecule has 1 N–H and O–H groups in total. The van der Waals surface area contributed by atoms with E-state index in [-0.39, 0.29) is 0 Å². The van der Waals surface area contributed by atoms with Crippen LogP contribution in [-0.4, -0.2) is 35.1 Å². The van der Waals surface area contributed by atoms with Gasteiger partial charge in [0.05, 0.1) is 16.7 Å². The third kappa shape index (κ3) is 2.58. The molecule has 3 unspecified atom stereocenters. The quantitative estimate of drug-likeness (QED) is 0.922. The number of rotatable bonds is 3. The van der Waals surface area contributed by atoms with Crippen LogP contribution in [0.25, 0.3) is 0 Å². The van der Waals surface area contributed by atoms with E-state index in [0.29, 0.717) is 6.04 Å². The van der Waals surface area contributed by atoms with Crippen molar-refractivity contribution >= 4 is 11.3 Å². The summed E-state index contributed by atoms with van der Waals surface area (Å²) in [5.74, 6) is 0. The zero-order chi connectivity index (χ0) is 13.6. The van der Waals surface area contributed by atoms with Gasteiger partial charge in [-0.15, -0.1) is 11.3 Å². The summed E-state index contributed by atoms with van der Waals surface area (Å²) in [7, 11) is 2.29. The summed E-state index contributed by atoms with van der Waals surface area (Å²) in [4.78, 5) is 8.69. The van der Waals surface area contributed by atoms with E-state index in [1.807, 2.05) is 11.3 Å². The lowest BCUT2D eigenvalue weighted by molar-refractivity contribution is 0.130. The fourth-order valence-corrected chi connectivity index (χ4v) is 4.71. The van der Waals surface area contributed by atoms with Crippen LogP contribution in [0.3, 0.4) is 0 Å². The molecule has 0 spiro atoms. The van der Waals surface area contributed by atoms with Crippen LogP contribution in [0.15, 0.2) is 0 Å². The number of hydrogen-bond donors (Lipinski definition) is 1. The van der Waals surface area contributed by atoms with Crippen LogP contribution in [0.1, 0.15) is 54.2 Å². The van der Waals surface area contributed by atoms with Crippen molar-refractivity contribution in [3.8, 4) is 0 Å². The lowest BCUT2D eigenvalue weighted by Crippen LogP contribution is -2.47. The van der Waals surface area contributed by atoms with Crippen molar-refractivity contribution in [3.63, 3.8) is 0 Å². The average molecular weight is 279 g/mol. The number of hydrogen-bond acceptors (Lipinski definition) is 4. The molecule has 3 rings (SSSR count). The van der Waals surface area contributed by atoms with Crippen LogP contribution in [0.2, 0.25) is 0 Å². The van der Waals surface area contributed by atoms with Gasteiger partial charge in [-0.05, 0) is 53.5 Å². The minimum absolute atomic E-state index is 0.437. The van der Waals surface area contributed by atoms with E-state index in [1.165, 1.54) is 41.3 Å². The predicted molar refractivity (Wildman–Crippen MR) is 80.7 cm³/mol. The predicted octanol–water partition coefficient (Wildman–Crippen LogP) is 3.04. The number of thiazole rings is 1. The van der Waals surface area contributed by atoms with Crippen LogP contribution in [0.5, 0.6) is 0 Å². The van der Waals surface area contributed by atoms with Crippen molar-refractivity contribution in [1.29, 1.82) is 0 Å². The van der Waals surface area contributed by atoms with Crippen LogP contribution >= 0.6 is 11.3 Å². The minimum Gasteiger partial charge on any atom is -0.311 e. The maximum absolute atomic E-state index is 4.74. The molecule has 2 fully saturated rings. The molecule has 106 valence electrons. The molecule has 0 aliphatic carbocycles. The van der Waals surface area contributed by atoms with Crippen LogP contribution in [0, 0.1) is 13.8 Å². The zero-order valence-electron chi connectivity index (χ0n) is 12.4. The molecule has 2 aliphatic heterocycles. The monoisotopic (exact) mass is 279 g/mol. The Bertz CT molecular complexity index is 444. The van der Waals surface area contributed by atoms with Gasteiger partial charge in [-0.25, -0.2) is 4.98 Å². The highest BCUT2D eigenvalue weighted by molar-refractivity contribution is 7.11. The van der Waals surface area contributed by atoms with Gasteiger partial charge in [-0.2, -0.15) is 0 Å². The molecular weight excluding hydrogens is 254 g/mol. The second-order valence-electron chi connectivity index (χ2n) is 6.28. The van der Waals surface area contributed by atoms with Crippen molar-refractivity contribution in [2.24, 2.45) is 0 Å². The molecule has 2 bridgehead atoms. The third-order valence-corrected chi connectivity index (χ3v) is 5.87. The van der Waals surface area contributed by atoms with E-state index in [1.54, 1.807) is 0 Å². The fourth-order valence-electron chi connectivity index (χ4n) is 3.80. The van der Waals surface area contributed by atoms with Crippen molar-refractivity contribution in [2.45, 2.75) is 70.6 Å². The van der Waals surface area contributed by atoms with Gasteiger partial charge < -0.3 is 5.32 Å². The zero-order valence-corrected chi connectivity index (χ0v) is 13.3. The Balaban J connectivity index is 1.72. The number of aromatic nitrogens is 1. The number of piperidine rings is 1. The van der Waals surface area contributed by atoms with Crippen LogP contribution in [0.4, 0.5) is 0 Å². The summed E-state index contributed by atoms with van der Waals surface area (Å²) in [6, 6.07) is 2.68. The Morgan fingerprint density at radius 2 is 1.89 bits per heavy atom. The maximum Gasteiger partial charge on any atom is 0.0900 e. The summed E-state index contributed by atoms with van der Waals surface area (Å²) in [6.45, 7) is 6.63. The molecule has 1 aromatic rings. The van der Waals surface area contributed by atoms with Crippen molar-refractivity contribution in [2.75, 3.05) is 7.05 Å². The van der Waals surface area contributed by atoms with Gasteiger partial charge in [0.15, 0.2) is 0 Å². The molecule has 0 aromatic carbocycles. The van der Waals surface area contributed by atoms with Crippen molar-refractivity contribution < 1.29 is 0 Å². The molecule has 3 heterocycles. The SMILES string of the molecule is Cc1nc(C(C)N(C)C2CC3CCC(C2)N3)c(C)s1. The highest BCUT2D eigenvalue weighted by Crippen LogP contribution is 2.34. The van der Waals surface area contributed by atoms with Gasteiger partial charge in [0.25, 0.3) is 0 Å². The second kappa shape index (κ2) is 5.15. The number of aryl methyl sites for hydroxylation is 2. The molecule has 0 saturated carbocycles. The standard InChI is InChI=1S/C15H25N3S/c1-9(15-10(2)19-11(3)16-15)18(4)14-7-12-5-6-13(8-14)17-12/h9,12-14,17H,5-8H2,1-4H3. The molecule has 1 aromatic heterocycles. The van der Waals surface area contributed by atoms with E-state index < -0.39 is 0 Å². The van der Waals surface area contributed by atoms with E-state index in [4.69, 9.17) is 4.98 Å². The molecule has 4 heteroatoms. The van der Waals surface area contributed by atoms with Gasteiger partial charge in [0.2, 0.25) is 0 Å². The molecule has 2 saturated heterocycles. The summed E-state index contributed by atoms with van der Waals surface area (Å²) in [5.41, 5.74) is 1.29. The molecule has 2 aliphatic rings. The highest BCUT2D eigenvalue weighted by atomic mass is 32.1. The summed E-state index contributed by atoms with van der Waals surface area (Å²) in [6.07, 6.45) is 5.36. The summed E-state index contributed by atoms with van der Waals surface area (Å²) >= 11 is 1.82. The Hall–Kier alpha value is -0.450. The van der Waals surface area contributed by atoms with Gasteiger partial charge in [-0.1, -0.05) is 0 Å². The van der Waals surface area contributed by atoms with E-state index in [2.05, 4.69) is 38.0 Å². The smallest absolute Gasteiger partial charge is 0.0900 e. The molecular formula is C15H25N3S. The minimum atomic E-state index is 0.437. The van der Waals surface area contributed by atoms with Gasteiger partial charge >= 0.3 is 0 Å². The molecule has 19 heavy (non-hydrogen) atoms. The van der Waals surface area contributed by atoms with E-state index in [9.17, 15) is 0 Å². The first kappa shape index (κ1) is 13.5. The summed E-state index contributed by atoms with van der Waals surface area (Å²) in [5, 5.41) is 4.92. The van der Waals surface area contributed by atoms with Gasteiger partial charge in [-0.3, -0.25) is 4.90 Å². The maximum atomic E-state index is 4.74. The Morgan fingerprint density at radius 3 is 2.42 bits per heavy atom. The first-order valence-electron chi connectivity index (χ1n) is 7.46. The lowest BCUT2D eigenvalue weighted by atomic mass is 9.97. The van der Waals surface area contributed by atoms with Gasteiger partial charge in [0.1, 0.15) is 0 Å². The van der Waals surface area contributed by atoms with Crippen LogP contribution in [-0.2, 0) is 0 Å². The van der Waals surface area contributed by atoms with Crippen LogP contribution < -0.4 is 5.32 Å². The average Bonchev–Trinajstić information content (AvgIpc) is 2.89. The first-order valence-corrected chi connectivity index (χ1v) is 8.28. The Kier molecular flexibility index (Phi) is 3.67. The molecule has 0 radical (unpaired) electrons.